The van der Waals surface area contributed by atoms with Gasteiger partial charge in [-0.25, -0.2) is 4.79 Å². The Morgan fingerprint density at radius 3 is 2.31 bits per heavy atom. The van der Waals surface area contributed by atoms with Crippen molar-refractivity contribution < 1.29 is 32.0 Å². The number of nitrogens with zero attached hydrogens (tertiary/aromatic N) is 1. The van der Waals surface area contributed by atoms with Gasteiger partial charge in [0.25, 0.3) is 5.91 Å². The largest absolute Gasteiger partial charge is 0.490 e. The molecule has 0 heterocycles. The second kappa shape index (κ2) is 11.0. The topological polar surface area (TPSA) is 143 Å². The number of amides is 1. The van der Waals surface area contributed by atoms with E-state index in [1.807, 2.05) is 6.07 Å². The standard InChI is InChI=1S/C25H20N2O7S/c1-2-33-23-15-17(8-13-22(23)34-35(31,32)21-6-4-3-5-7-21)14-19(16-26)24(28)27-20-11-9-18(10-12-20)25(29)30/h3-15H,2H2,1H3,(H,27,28)(H,29,30)/b19-14+. The predicted octanol–water partition coefficient (Wildman–Crippen LogP) is 4.10. The van der Waals surface area contributed by atoms with Crippen LogP contribution in [0.2, 0.25) is 0 Å². The minimum Gasteiger partial charge on any atom is -0.490 e. The van der Waals surface area contributed by atoms with Crippen LogP contribution in [0.1, 0.15) is 22.8 Å². The molecule has 3 rings (SSSR count). The van der Waals surface area contributed by atoms with Crippen molar-refractivity contribution in [1.29, 1.82) is 5.26 Å². The van der Waals surface area contributed by atoms with E-state index in [0.29, 0.717) is 11.3 Å². The van der Waals surface area contributed by atoms with Crippen LogP contribution in [0.25, 0.3) is 6.08 Å². The summed E-state index contributed by atoms with van der Waals surface area (Å²) in [5.74, 6) is -1.74. The fraction of sp³-hybridized carbons (Fsp3) is 0.0800. The lowest BCUT2D eigenvalue weighted by Gasteiger charge is -2.13. The van der Waals surface area contributed by atoms with Crippen LogP contribution in [-0.4, -0.2) is 32.0 Å². The first kappa shape index (κ1) is 25.0. The van der Waals surface area contributed by atoms with Gasteiger partial charge in [0.2, 0.25) is 0 Å². The van der Waals surface area contributed by atoms with E-state index in [4.69, 9.17) is 14.0 Å². The van der Waals surface area contributed by atoms with E-state index in [-0.39, 0.29) is 34.1 Å². The van der Waals surface area contributed by atoms with E-state index in [0.717, 1.165) is 0 Å². The predicted molar refractivity (Wildman–Crippen MR) is 127 cm³/mol. The number of carbonyl (C=O) groups is 2. The maximum Gasteiger partial charge on any atom is 0.339 e. The molecule has 0 spiro atoms. The zero-order chi connectivity index (χ0) is 25.4. The minimum absolute atomic E-state index is 0.0220. The zero-order valence-electron chi connectivity index (χ0n) is 18.5. The summed E-state index contributed by atoms with van der Waals surface area (Å²) in [6, 6.07) is 19.2. The number of benzene rings is 3. The van der Waals surface area contributed by atoms with Crippen molar-refractivity contribution in [3.8, 4) is 17.6 Å². The molecule has 0 aromatic heterocycles. The SMILES string of the molecule is CCOc1cc(/C=C(\C#N)C(=O)Nc2ccc(C(=O)O)cc2)ccc1OS(=O)(=O)c1ccccc1. The first-order chi connectivity index (χ1) is 16.7. The van der Waals surface area contributed by atoms with Crippen molar-refractivity contribution in [1.82, 2.24) is 0 Å². The Hall–Kier alpha value is -4.62. The summed E-state index contributed by atoms with van der Waals surface area (Å²) in [6.45, 7) is 1.93. The number of nitrogens with one attached hydrogen (secondary N) is 1. The molecule has 0 aliphatic heterocycles. The summed E-state index contributed by atoms with van der Waals surface area (Å²) >= 11 is 0. The molecule has 0 saturated heterocycles. The number of hydrogen-bond acceptors (Lipinski definition) is 7. The molecule has 10 heteroatoms. The molecule has 0 saturated carbocycles. The molecule has 0 bridgehead atoms. The van der Waals surface area contributed by atoms with E-state index < -0.39 is 22.0 Å². The van der Waals surface area contributed by atoms with Crippen LogP contribution in [0, 0.1) is 11.3 Å². The number of rotatable bonds is 9. The number of aromatic carboxylic acids is 1. The second-order valence-corrected chi connectivity index (χ2v) is 8.54. The van der Waals surface area contributed by atoms with Crippen LogP contribution in [0.15, 0.2) is 83.3 Å². The first-order valence-corrected chi connectivity index (χ1v) is 11.7. The highest BCUT2D eigenvalue weighted by molar-refractivity contribution is 7.87. The monoisotopic (exact) mass is 492 g/mol. The van der Waals surface area contributed by atoms with Gasteiger partial charge in [-0.05, 0) is 67.1 Å². The summed E-state index contributed by atoms with van der Waals surface area (Å²) in [5, 5.41) is 20.9. The lowest BCUT2D eigenvalue weighted by atomic mass is 10.1. The summed E-state index contributed by atoms with van der Waals surface area (Å²) in [5.41, 5.74) is 0.524. The molecule has 0 aliphatic rings. The molecule has 35 heavy (non-hydrogen) atoms. The van der Waals surface area contributed by atoms with Crippen molar-refractivity contribution >= 4 is 33.8 Å². The van der Waals surface area contributed by atoms with E-state index >= 15 is 0 Å². The average Bonchev–Trinajstić information content (AvgIpc) is 2.85. The Morgan fingerprint density at radius 2 is 1.71 bits per heavy atom. The molecule has 2 N–H and O–H groups in total. The van der Waals surface area contributed by atoms with Crippen LogP contribution in [0.3, 0.4) is 0 Å². The van der Waals surface area contributed by atoms with Crippen LogP contribution < -0.4 is 14.2 Å². The number of ether oxygens (including phenoxy) is 1. The summed E-state index contributed by atoms with van der Waals surface area (Å²) in [4.78, 5) is 23.5. The maximum atomic E-state index is 12.6. The molecule has 0 aliphatic carbocycles. The van der Waals surface area contributed by atoms with Crippen molar-refractivity contribution in [2.24, 2.45) is 0 Å². The van der Waals surface area contributed by atoms with Gasteiger partial charge in [-0.15, -0.1) is 0 Å². The van der Waals surface area contributed by atoms with E-state index in [1.54, 1.807) is 25.1 Å². The highest BCUT2D eigenvalue weighted by atomic mass is 32.2. The number of hydrogen-bond donors (Lipinski definition) is 2. The van der Waals surface area contributed by atoms with E-state index in [1.165, 1.54) is 60.7 Å². The van der Waals surface area contributed by atoms with Gasteiger partial charge in [-0.2, -0.15) is 13.7 Å². The van der Waals surface area contributed by atoms with Gasteiger partial charge in [-0.1, -0.05) is 24.3 Å². The second-order valence-electron chi connectivity index (χ2n) is 7.00. The van der Waals surface area contributed by atoms with Crippen LogP contribution in [-0.2, 0) is 14.9 Å². The Morgan fingerprint density at radius 1 is 1.03 bits per heavy atom. The van der Waals surface area contributed by atoms with Crippen LogP contribution >= 0.6 is 0 Å². The highest BCUT2D eigenvalue weighted by Crippen LogP contribution is 2.32. The van der Waals surface area contributed by atoms with Crippen LogP contribution in [0.4, 0.5) is 5.69 Å². The first-order valence-electron chi connectivity index (χ1n) is 10.3. The Balaban J connectivity index is 1.84. The molecule has 3 aromatic carbocycles. The number of anilines is 1. The Kier molecular flexibility index (Phi) is 7.86. The number of carboxylic acids is 1. The average molecular weight is 493 g/mol. The minimum atomic E-state index is -4.10. The third-order valence-electron chi connectivity index (χ3n) is 4.56. The van der Waals surface area contributed by atoms with Gasteiger partial charge in [0.15, 0.2) is 11.5 Å². The summed E-state index contributed by atoms with van der Waals surface area (Å²) in [6.07, 6.45) is 1.30. The molecule has 9 nitrogen and oxygen atoms in total. The van der Waals surface area contributed by atoms with Gasteiger partial charge in [0, 0.05) is 5.69 Å². The van der Waals surface area contributed by atoms with Gasteiger partial charge >= 0.3 is 16.1 Å². The molecule has 0 fully saturated rings. The maximum absolute atomic E-state index is 12.6. The van der Waals surface area contributed by atoms with Crippen molar-refractivity contribution in [3.05, 3.63) is 89.5 Å². The smallest absolute Gasteiger partial charge is 0.339 e. The third kappa shape index (κ3) is 6.46. The Labute approximate surface area is 202 Å². The van der Waals surface area contributed by atoms with Gasteiger partial charge in [0.1, 0.15) is 16.5 Å². The molecule has 178 valence electrons. The number of nitriles is 1. The fourth-order valence-corrected chi connectivity index (χ4v) is 3.88. The quantitative estimate of drug-likeness (QED) is 0.258. The van der Waals surface area contributed by atoms with Gasteiger partial charge < -0.3 is 19.3 Å². The van der Waals surface area contributed by atoms with Crippen molar-refractivity contribution in [2.75, 3.05) is 11.9 Å². The molecule has 1 amide bonds. The molecule has 0 radical (unpaired) electrons. The molecular formula is C25H20N2O7S. The highest BCUT2D eigenvalue weighted by Gasteiger charge is 2.19. The lowest BCUT2D eigenvalue weighted by molar-refractivity contribution is -0.112. The van der Waals surface area contributed by atoms with Gasteiger partial charge in [-0.3, -0.25) is 4.79 Å². The zero-order valence-corrected chi connectivity index (χ0v) is 19.3. The van der Waals surface area contributed by atoms with Crippen molar-refractivity contribution in [2.45, 2.75) is 11.8 Å². The Bertz CT molecular complexity index is 1410. The number of carboxylic acid groups (broad SMARTS) is 1. The number of carbonyl (C=O) groups excluding carboxylic acids is 1. The molecule has 0 atom stereocenters. The summed E-state index contributed by atoms with van der Waals surface area (Å²) in [7, 11) is -4.10. The molecule has 3 aromatic rings. The van der Waals surface area contributed by atoms with Gasteiger partial charge in [0.05, 0.1) is 12.2 Å². The van der Waals surface area contributed by atoms with Crippen molar-refractivity contribution in [3.63, 3.8) is 0 Å². The summed E-state index contributed by atoms with van der Waals surface area (Å²) < 4.78 is 35.9. The van der Waals surface area contributed by atoms with E-state index in [9.17, 15) is 23.3 Å². The normalized spacial score (nSPS) is 11.3. The third-order valence-corrected chi connectivity index (χ3v) is 5.81. The molecular weight excluding hydrogens is 472 g/mol. The lowest BCUT2D eigenvalue weighted by Crippen LogP contribution is -2.13. The van der Waals surface area contributed by atoms with E-state index in [2.05, 4.69) is 5.32 Å². The van der Waals surface area contributed by atoms with Crippen LogP contribution in [0.5, 0.6) is 11.5 Å². The fourth-order valence-electron chi connectivity index (χ4n) is 2.91. The molecule has 0 unspecified atom stereocenters.